The molecule has 0 bridgehead atoms. The van der Waals surface area contributed by atoms with Crippen LogP contribution in [0.25, 0.3) is 0 Å². The summed E-state index contributed by atoms with van der Waals surface area (Å²) in [6, 6.07) is 9.21. The first-order chi connectivity index (χ1) is 12.7. The molecule has 1 saturated heterocycles. The van der Waals surface area contributed by atoms with E-state index < -0.39 is 11.6 Å². The van der Waals surface area contributed by atoms with Crippen LogP contribution < -0.4 is 0 Å². The molecule has 26 heavy (non-hydrogen) atoms. The maximum Gasteiger partial charge on any atom is 0.344 e. The zero-order valence-electron chi connectivity index (χ0n) is 15.2. The zero-order chi connectivity index (χ0) is 18.0. The highest BCUT2D eigenvalue weighted by Crippen LogP contribution is 2.44. The van der Waals surface area contributed by atoms with Crippen molar-refractivity contribution in [2.24, 2.45) is 17.8 Å². The molecule has 1 aliphatic heterocycles. The number of fused-ring (bicyclic) bond motifs is 1. The van der Waals surface area contributed by atoms with Crippen LogP contribution in [0.2, 0.25) is 0 Å². The zero-order valence-corrected chi connectivity index (χ0v) is 15.2. The molecule has 2 unspecified atom stereocenters. The number of likely N-dealkylation sites (tertiary alicyclic amines) is 1. The fourth-order valence-corrected chi connectivity index (χ4v) is 4.61. The van der Waals surface area contributed by atoms with E-state index in [1.165, 1.54) is 6.42 Å². The van der Waals surface area contributed by atoms with Crippen molar-refractivity contribution in [3.63, 3.8) is 0 Å². The van der Waals surface area contributed by atoms with Crippen LogP contribution in [0.4, 0.5) is 0 Å². The molecule has 1 aromatic rings. The van der Waals surface area contributed by atoms with E-state index in [4.69, 9.17) is 4.74 Å². The van der Waals surface area contributed by atoms with E-state index in [1.54, 1.807) is 0 Å². The highest BCUT2D eigenvalue weighted by Gasteiger charge is 2.47. The van der Waals surface area contributed by atoms with Crippen LogP contribution in [0.3, 0.4) is 0 Å². The first-order valence-electron chi connectivity index (χ1n) is 9.81. The van der Waals surface area contributed by atoms with Crippen LogP contribution in [-0.2, 0) is 15.1 Å². The molecule has 138 valence electrons. The third-order valence-electron chi connectivity index (χ3n) is 6.23. The lowest BCUT2D eigenvalue weighted by molar-refractivity contribution is -0.172. The highest BCUT2D eigenvalue weighted by molar-refractivity contribution is 5.81. The lowest BCUT2D eigenvalue weighted by atomic mass is 9.80. The lowest BCUT2D eigenvalue weighted by Gasteiger charge is -2.31. The fourth-order valence-electron chi connectivity index (χ4n) is 4.61. The Bertz CT molecular complexity index is 691. The summed E-state index contributed by atoms with van der Waals surface area (Å²) in [5.41, 5.74) is -0.934. The summed E-state index contributed by atoms with van der Waals surface area (Å²) < 4.78 is 5.39. The number of esters is 1. The Morgan fingerprint density at radius 3 is 2.54 bits per heavy atom. The van der Waals surface area contributed by atoms with E-state index in [0.717, 1.165) is 57.2 Å². The summed E-state index contributed by atoms with van der Waals surface area (Å²) in [5, 5.41) is 11.3. The second-order valence-corrected chi connectivity index (χ2v) is 7.99. The number of hydrogen-bond donors (Lipinski definition) is 1. The molecule has 2 aliphatic carbocycles. The minimum absolute atomic E-state index is 0.0430. The minimum Gasteiger partial charge on any atom is -0.450 e. The molecule has 1 heterocycles. The molecule has 0 spiro atoms. The Kier molecular flexibility index (Phi) is 5.02. The van der Waals surface area contributed by atoms with Crippen molar-refractivity contribution in [2.75, 3.05) is 26.2 Å². The quantitative estimate of drug-likeness (QED) is 0.653. The molecule has 3 atom stereocenters. The van der Waals surface area contributed by atoms with E-state index in [2.05, 4.69) is 16.7 Å². The van der Waals surface area contributed by atoms with Gasteiger partial charge in [0.05, 0.1) is 6.54 Å². The summed E-state index contributed by atoms with van der Waals surface area (Å²) in [4.78, 5) is 15.1. The Labute approximate surface area is 155 Å². The Morgan fingerprint density at radius 1 is 1.15 bits per heavy atom. The molecule has 4 nitrogen and oxygen atoms in total. The molecule has 3 aliphatic rings. The fraction of sp³-hybridized carbons (Fsp3) is 0.591. The monoisotopic (exact) mass is 353 g/mol. The molecule has 1 N–H and O–H groups in total. The van der Waals surface area contributed by atoms with E-state index >= 15 is 0 Å². The standard InChI is InChI=1S/C22H27NO3/c24-21(26-13-7-6-12-23-15-17-14-18(17)16-23)22(25,20-10-4-5-11-20)19-8-2-1-3-9-19/h1-3,8-9,17-18,20,25H,4-5,10-16H2/t17?,18?,22-/m1/s1. The second-order valence-electron chi connectivity index (χ2n) is 7.99. The van der Waals surface area contributed by atoms with Crippen molar-refractivity contribution in [3.8, 4) is 11.8 Å². The molecule has 3 fully saturated rings. The Hall–Kier alpha value is -1.83. The third kappa shape index (κ3) is 3.51. The number of aliphatic hydroxyl groups is 1. The van der Waals surface area contributed by atoms with Crippen LogP contribution in [0.5, 0.6) is 0 Å². The average Bonchev–Trinajstić information content (AvgIpc) is 3.07. The van der Waals surface area contributed by atoms with Gasteiger partial charge in [0.25, 0.3) is 0 Å². The average molecular weight is 353 g/mol. The van der Waals surface area contributed by atoms with Gasteiger partial charge in [0.2, 0.25) is 0 Å². The SMILES string of the molecule is O=C(OCC#CCN1CC2CC2C1)[C@@](O)(c1ccccc1)C1CCCC1. The predicted octanol–water partition coefficient (Wildman–Crippen LogP) is 2.56. The van der Waals surface area contributed by atoms with Gasteiger partial charge < -0.3 is 9.84 Å². The third-order valence-corrected chi connectivity index (χ3v) is 6.23. The predicted molar refractivity (Wildman–Crippen MR) is 99.1 cm³/mol. The molecule has 0 aromatic heterocycles. The van der Waals surface area contributed by atoms with Gasteiger partial charge in [-0.25, -0.2) is 4.79 Å². The van der Waals surface area contributed by atoms with E-state index in [-0.39, 0.29) is 12.5 Å². The van der Waals surface area contributed by atoms with Crippen molar-refractivity contribution >= 4 is 5.97 Å². The number of carbonyl (C=O) groups excluding carboxylic acids is 1. The molecule has 1 aromatic carbocycles. The van der Waals surface area contributed by atoms with Gasteiger partial charge in [-0.1, -0.05) is 55.0 Å². The van der Waals surface area contributed by atoms with E-state index in [1.807, 2.05) is 30.3 Å². The number of hydrogen-bond acceptors (Lipinski definition) is 4. The maximum atomic E-state index is 12.8. The number of benzene rings is 1. The summed E-state index contributed by atoms with van der Waals surface area (Å²) in [6.45, 7) is 3.11. The first kappa shape index (κ1) is 17.6. The smallest absolute Gasteiger partial charge is 0.344 e. The number of carbonyl (C=O) groups is 1. The van der Waals surface area contributed by atoms with Gasteiger partial charge in [-0.05, 0) is 36.7 Å². The van der Waals surface area contributed by atoms with Crippen LogP contribution in [0, 0.1) is 29.6 Å². The largest absolute Gasteiger partial charge is 0.450 e. The molecule has 0 amide bonds. The van der Waals surface area contributed by atoms with Crippen LogP contribution >= 0.6 is 0 Å². The van der Waals surface area contributed by atoms with Gasteiger partial charge in [-0.2, -0.15) is 0 Å². The van der Waals surface area contributed by atoms with Crippen molar-refractivity contribution in [2.45, 2.75) is 37.7 Å². The van der Waals surface area contributed by atoms with E-state index in [9.17, 15) is 9.90 Å². The first-order valence-corrected chi connectivity index (χ1v) is 9.81. The lowest BCUT2D eigenvalue weighted by Crippen LogP contribution is -2.43. The number of ether oxygens (including phenoxy) is 1. The van der Waals surface area contributed by atoms with Gasteiger partial charge in [-0.3, -0.25) is 4.90 Å². The number of piperidine rings is 1. The molecule has 4 heteroatoms. The molecule has 2 saturated carbocycles. The second kappa shape index (κ2) is 7.42. The van der Waals surface area contributed by atoms with Crippen LogP contribution in [-0.4, -0.2) is 42.2 Å². The number of rotatable bonds is 5. The van der Waals surface area contributed by atoms with Crippen molar-refractivity contribution in [3.05, 3.63) is 35.9 Å². The van der Waals surface area contributed by atoms with Gasteiger partial charge in [0.15, 0.2) is 12.2 Å². The number of nitrogens with zero attached hydrogens (tertiary/aromatic N) is 1. The molecular formula is C22H27NO3. The summed E-state index contributed by atoms with van der Waals surface area (Å²) in [6.07, 6.45) is 5.18. The van der Waals surface area contributed by atoms with Gasteiger partial charge >= 0.3 is 5.97 Å². The van der Waals surface area contributed by atoms with Crippen LogP contribution in [0.1, 0.15) is 37.7 Å². The van der Waals surface area contributed by atoms with E-state index in [0.29, 0.717) is 5.56 Å². The Morgan fingerprint density at radius 2 is 1.85 bits per heavy atom. The van der Waals surface area contributed by atoms with Crippen LogP contribution in [0.15, 0.2) is 30.3 Å². The van der Waals surface area contributed by atoms with Crippen molar-refractivity contribution in [1.29, 1.82) is 0 Å². The normalized spacial score (nSPS) is 27.3. The topological polar surface area (TPSA) is 49.8 Å². The maximum absolute atomic E-state index is 12.8. The molecular weight excluding hydrogens is 326 g/mol. The van der Waals surface area contributed by atoms with Gasteiger partial charge in [0, 0.05) is 19.0 Å². The van der Waals surface area contributed by atoms with Crippen molar-refractivity contribution < 1.29 is 14.6 Å². The summed E-state index contributed by atoms with van der Waals surface area (Å²) >= 11 is 0. The summed E-state index contributed by atoms with van der Waals surface area (Å²) in [7, 11) is 0. The molecule has 4 rings (SSSR count). The highest BCUT2D eigenvalue weighted by atomic mass is 16.5. The summed E-state index contributed by atoms with van der Waals surface area (Å²) in [5.74, 6) is 7.21. The Balaban J connectivity index is 1.35. The van der Waals surface area contributed by atoms with Gasteiger partial charge in [0.1, 0.15) is 0 Å². The van der Waals surface area contributed by atoms with Gasteiger partial charge in [-0.15, -0.1) is 0 Å². The minimum atomic E-state index is -1.56. The molecule has 0 radical (unpaired) electrons. The van der Waals surface area contributed by atoms with Crippen molar-refractivity contribution in [1.82, 2.24) is 4.90 Å².